The number of hydrogen-bond donors (Lipinski definition) is 1. The molecule has 0 amide bonds. The second kappa shape index (κ2) is 6.43. The molecule has 20 heavy (non-hydrogen) atoms. The lowest BCUT2D eigenvalue weighted by Gasteiger charge is -2.24. The SMILES string of the molecule is CCC(c1ccccc1)C(O)c1cc(C)c(C)cc1Cl. The van der Waals surface area contributed by atoms with E-state index in [1.165, 1.54) is 0 Å². The van der Waals surface area contributed by atoms with Crippen molar-refractivity contribution in [3.8, 4) is 0 Å². The molecular formula is C18H21ClO. The highest BCUT2D eigenvalue weighted by Gasteiger charge is 2.23. The normalized spacial score (nSPS) is 14.1. The van der Waals surface area contributed by atoms with Crippen molar-refractivity contribution in [2.24, 2.45) is 0 Å². The summed E-state index contributed by atoms with van der Waals surface area (Å²) in [5.41, 5.74) is 4.28. The Balaban J connectivity index is 2.39. The highest BCUT2D eigenvalue weighted by Crippen LogP contribution is 2.37. The van der Waals surface area contributed by atoms with Crippen molar-refractivity contribution in [3.05, 3.63) is 69.7 Å². The first-order valence-electron chi connectivity index (χ1n) is 7.04. The highest BCUT2D eigenvalue weighted by atomic mass is 35.5. The maximum absolute atomic E-state index is 10.7. The number of halogens is 1. The van der Waals surface area contributed by atoms with Crippen LogP contribution in [-0.4, -0.2) is 5.11 Å². The number of rotatable bonds is 4. The molecule has 106 valence electrons. The zero-order valence-electron chi connectivity index (χ0n) is 12.2. The predicted octanol–water partition coefficient (Wildman–Crippen LogP) is 5.18. The van der Waals surface area contributed by atoms with E-state index in [1.807, 2.05) is 44.2 Å². The van der Waals surface area contributed by atoms with Crippen LogP contribution in [0.1, 0.15) is 47.6 Å². The van der Waals surface area contributed by atoms with Gasteiger partial charge in [0.1, 0.15) is 0 Å². The second-order valence-electron chi connectivity index (χ2n) is 5.33. The second-order valence-corrected chi connectivity index (χ2v) is 5.74. The van der Waals surface area contributed by atoms with Gasteiger partial charge in [0.15, 0.2) is 0 Å². The molecule has 0 fully saturated rings. The van der Waals surface area contributed by atoms with Gasteiger partial charge in [0.05, 0.1) is 6.10 Å². The quantitative estimate of drug-likeness (QED) is 0.821. The van der Waals surface area contributed by atoms with Gasteiger partial charge in [-0.05, 0) is 48.6 Å². The molecule has 0 bridgehead atoms. The van der Waals surface area contributed by atoms with Crippen LogP contribution in [0.4, 0.5) is 0 Å². The van der Waals surface area contributed by atoms with E-state index in [0.29, 0.717) is 5.02 Å². The molecular weight excluding hydrogens is 268 g/mol. The van der Waals surface area contributed by atoms with E-state index in [-0.39, 0.29) is 5.92 Å². The summed E-state index contributed by atoms with van der Waals surface area (Å²) in [5.74, 6) is 0.0656. The Morgan fingerprint density at radius 2 is 1.65 bits per heavy atom. The van der Waals surface area contributed by atoms with Gasteiger partial charge in [0.2, 0.25) is 0 Å². The third-order valence-corrected chi connectivity index (χ3v) is 4.31. The predicted molar refractivity (Wildman–Crippen MR) is 85.4 cm³/mol. The molecule has 0 spiro atoms. The van der Waals surface area contributed by atoms with Gasteiger partial charge in [-0.3, -0.25) is 0 Å². The summed E-state index contributed by atoms with van der Waals surface area (Å²) < 4.78 is 0. The minimum absolute atomic E-state index is 0.0656. The molecule has 0 saturated carbocycles. The van der Waals surface area contributed by atoms with Gasteiger partial charge in [-0.1, -0.05) is 54.9 Å². The Kier molecular flexibility index (Phi) is 4.85. The number of aryl methyl sites for hydroxylation is 2. The maximum Gasteiger partial charge on any atom is 0.0872 e. The van der Waals surface area contributed by atoms with E-state index in [2.05, 4.69) is 19.1 Å². The van der Waals surface area contributed by atoms with Crippen LogP contribution in [0.25, 0.3) is 0 Å². The van der Waals surface area contributed by atoms with E-state index >= 15 is 0 Å². The number of benzene rings is 2. The van der Waals surface area contributed by atoms with Crippen molar-refractivity contribution in [2.45, 2.75) is 39.2 Å². The number of aliphatic hydroxyl groups excluding tert-OH is 1. The standard InChI is InChI=1S/C18H21ClO/c1-4-15(14-8-6-5-7-9-14)18(20)16-10-12(2)13(3)11-17(16)19/h5-11,15,18,20H,4H2,1-3H3. The van der Waals surface area contributed by atoms with Gasteiger partial charge in [0.25, 0.3) is 0 Å². The van der Waals surface area contributed by atoms with Gasteiger partial charge >= 0.3 is 0 Å². The molecule has 0 saturated heterocycles. The van der Waals surface area contributed by atoms with Crippen molar-refractivity contribution in [2.75, 3.05) is 0 Å². The fraction of sp³-hybridized carbons (Fsp3) is 0.333. The highest BCUT2D eigenvalue weighted by molar-refractivity contribution is 6.31. The van der Waals surface area contributed by atoms with Gasteiger partial charge in [-0.15, -0.1) is 0 Å². The van der Waals surface area contributed by atoms with E-state index in [0.717, 1.165) is 28.7 Å². The summed E-state index contributed by atoms with van der Waals surface area (Å²) in [5, 5.41) is 11.4. The van der Waals surface area contributed by atoms with Gasteiger partial charge in [-0.25, -0.2) is 0 Å². The summed E-state index contributed by atoms with van der Waals surface area (Å²) in [6, 6.07) is 14.1. The summed E-state index contributed by atoms with van der Waals surface area (Å²) in [7, 11) is 0. The zero-order valence-corrected chi connectivity index (χ0v) is 13.0. The van der Waals surface area contributed by atoms with Crippen LogP contribution >= 0.6 is 11.6 Å². The molecule has 2 aromatic rings. The Bertz CT molecular complexity index is 577. The van der Waals surface area contributed by atoms with Crippen LogP contribution in [0.15, 0.2) is 42.5 Å². The fourth-order valence-corrected chi connectivity index (χ4v) is 2.92. The summed E-state index contributed by atoms with van der Waals surface area (Å²) in [6.07, 6.45) is 0.295. The van der Waals surface area contributed by atoms with E-state index < -0.39 is 6.10 Å². The van der Waals surface area contributed by atoms with Crippen molar-refractivity contribution in [3.63, 3.8) is 0 Å². The van der Waals surface area contributed by atoms with Crippen LogP contribution in [0.2, 0.25) is 5.02 Å². The third-order valence-electron chi connectivity index (χ3n) is 3.98. The average Bonchev–Trinajstić information content (AvgIpc) is 2.44. The molecule has 0 aromatic heterocycles. The van der Waals surface area contributed by atoms with Crippen LogP contribution in [0, 0.1) is 13.8 Å². The fourth-order valence-electron chi connectivity index (χ4n) is 2.59. The first kappa shape index (κ1) is 15.1. The Hall–Kier alpha value is -1.31. The molecule has 2 aromatic carbocycles. The van der Waals surface area contributed by atoms with E-state index in [1.54, 1.807) is 0 Å². The zero-order chi connectivity index (χ0) is 14.7. The van der Waals surface area contributed by atoms with Crippen LogP contribution in [0.3, 0.4) is 0 Å². The lowest BCUT2D eigenvalue weighted by molar-refractivity contribution is 0.142. The molecule has 0 radical (unpaired) electrons. The topological polar surface area (TPSA) is 20.2 Å². The monoisotopic (exact) mass is 288 g/mol. The van der Waals surface area contributed by atoms with Crippen LogP contribution < -0.4 is 0 Å². The first-order valence-corrected chi connectivity index (χ1v) is 7.42. The summed E-state index contributed by atoms with van der Waals surface area (Å²) >= 11 is 6.32. The molecule has 0 heterocycles. The smallest absolute Gasteiger partial charge is 0.0872 e. The molecule has 2 heteroatoms. The minimum atomic E-state index is -0.575. The molecule has 2 atom stereocenters. The van der Waals surface area contributed by atoms with Gasteiger partial charge < -0.3 is 5.11 Å². The number of aliphatic hydroxyl groups is 1. The molecule has 1 N–H and O–H groups in total. The Labute approximate surface area is 126 Å². The van der Waals surface area contributed by atoms with Crippen LogP contribution in [-0.2, 0) is 0 Å². The molecule has 0 aliphatic rings. The average molecular weight is 289 g/mol. The van der Waals surface area contributed by atoms with Crippen molar-refractivity contribution >= 4 is 11.6 Å². The van der Waals surface area contributed by atoms with Crippen molar-refractivity contribution in [1.82, 2.24) is 0 Å². The maximum atomic E-state index is 10.7. The van der Waals surface area contributed by atoms with Crippen LogP contribution in [0.5, 0.6) is 0 Å². The van der Waals surface area contributed by atoms with Gasteiger partial charge in [0, 0.05) is 10.9 Å². The van der Waals surface area contributed by atoms with Crippen molar-refractivity contribution in [1.29, 1.82) is 0 Å². The molecule has 1 nitrogen and oxygen atoms in total. The largest absolute Gasteiger partial charge is 0.388 e. The lowest BCUT2D eigenvalue weighted by Crippen LogP contribution is -2.11. The molecule has 2 unspecified atom stereocenters. The van der Waals surface area contributed by atoms with Crippen molar-refractivity contribution < 1.29 is 5.11 Å². The third kappa shape index (κ3) is 3.05. The Morgan fingerprint density at radius 1 is 1.05 bits per heavy atom. The first-order chi connectivity index (χ1) is 9.54. The number of hydrogen-bond acceptors (Lipinski definition) is 1. The summed E-state index contributed by atoms with van der Waals surface area (Å²) in [6.45, 7) is 6.17. The van der Waals surface area contributed by atoms with E-state index in [4.69, 9.17) is 11.6 Å². The van der Waals surface area contributed by atoms with E-state index in [9.17, 15) is 5.11 Å². The molecule has 2 rings (SSSR count). The Morgan fingerprint density at radius 3 is 2.25 bits per heavy atom. The molecule has 0 aliphatic carbocycles. The van der Waals surface area contributed by atoms with Gasteiger partial charge in [-0.2, -0.15) is 0 Å². The lowest BCUT2D eigenvalue weighted by atomic mass is 9.86. The summed E-state index contributed by atoms with van der Waals surface area (Å²) in [4.78, 5) is 0. The molecule has 0 aliphatic heterocycles. The minimum Gasteiger partial charge on any atom is -0.388 e.